The topological polar surface area (TPSA) is 40.6 Å². The van der Waals surface area contributed by atoms with E-state index in [0.29, 0.717) is 18.7 Å². The van der Waals surface area contributed by atoms with E-state index in [1.54, 1.807) is 19.0 Å². The lowest BCUT2D eigenvalue weighted by Crippen LogP contribution is -2.44. The molecule has 0 aliphatic heterocycles. The second-order valence-corrected chi connectivity index (χ2v) is 4.63. The molecule has 92 valence electrons. The lowest BCUT2D eigenvalue weighted by Gasteiger charge is -2.27. The Morgan fingerprint density at radius 1 is 1.44 bits per heavy atom. The maximum Gasteiger partial charge on any atom is 0.236 e. The van der Waals surface area contributed by atoms with Crippen molar-refractivity contribution in [3.8, 4) is 0 Å². The van der Waals surface area contributed by atoms with Crippen LogP contribution in [0.2, 0.25) is 0 Å². The van der Waals surface area contributed by atoms with Crippen LogP contribution in [0.5, 0.6) is 0 Å². The fraction of sp³-hybridized carbons (Fsp3) is 0.833. The van der Waals surface area contributed by atoms with Gasteiger partial charge in [0, 0.05) is 20.5 Å². The van der Waals surface area contributed by atoms with Gasteiger partial charge >= 0.3 is 0 Å². The van der Waals surface area contributed by atoms with E-state index in [9.17, 15) is 9.59 Å². The van der Waals surface area contributed by atoms with Crippen LogP contribution in [0.1, 0.15) is 32.6 Å². The van der Waals surface area contributed by atoms with E-state index in [-0.39, 0.29) is 11.9 Å². The number of hydrogen-bond donors (Lipinski definition) is 0. The van der Waals surface area contributed by atoms with E-state index >= 15 is 0 Å². The van der Waals surface area contributed by atoms with E-state index in [1.807, 2.05) is 4.90 Å². The molecule has 0 N–H and O–H groups in total. The van der Waals surface area contributed by atoms with E-state index in [0.717, 1.165) is 25.8 Å². The molecular formula is C12H22N2O2. The van der Waals surface area contributed by atoms with Gasteiger partial charge in [0.2, 0.25) is 5.91 Å². The molecule has 1 unspecified atom stereocenters. The third-order valence-electron chi connectivity index (χ3n) is 3.06. The molecule has 4 heteroatoms. The standard InChI is InChI=1S/C12H22N2O2/c1-4-8-14(9-12(16)13(2)3)10-6-5-7-11(10)15/h10H,4-9H2,1-3H3. The summed E-state index contributed by atoms with van der Waals surface area (Å²) in [6, 6.07) is -0.0103. The number of rotatable bonds is 5. The molecule has 1 atom stereocenters. The first-order chi connectivity index (χ1) is 7.56. The molecule has 16 heavy (non-hydrogen) atoms. The zero-order valence-electron chi connectivity index (χ0n) is 10.5. The van der Waals surface area contributed by atoms with Gasteiger partial charge in [-0.15, -0.1) is 0 Å². The molecular weight excluding hydrogens is 204 g/mol. The van der Waals surface area contributed by atoms with Crippen LogP contribution < -0.4 is 0 Å². The highest BCUT2D eigenvalue weighted by Crippen LogP contribution is 2.20. The van der Waals surface area contributed by atoms with Crippen molar-refractivity contribution >= 4 is 11.7 Å². The summed E-state index contributed by atoms with van der Waals surface area (Å²) in [5, 5.41) is 0. The number of hydrogen-bond acceptors (Lipinski definition) is 3. The Morgan fingerprint density at radius 2 is 2.12 bits per heavy atom. The van der Waals surface area contributed by atoms with Crippen molar-refractivity contribution in [1.29, 1.82) is 0 Å². The fourth-order valence-corrected chi connectivity index (χ4v) is 2.13. The summed E-state index contributed by atoms with van der Waals surface area (Å²) >= 11 is 0. The van der Waals surface area contributed by atoms with Gasteiger partial charge in [-0.25, -0.2) is 0 Å². The molecule has 1 saturated carbocycles. The van der Waals surface area contributed by atoms with Crippen molar-refractivity contribution in [3.05, 3.63) is 0 Å². The van der Waals surface area contributed by atoms with Crippen molar-refractivity contribution in [1.82, 2.24) is 9.80 Å². The Balaban J connectivity index is 2.59. The van der Waals surface area contributed by atoms with Crippen molar-refractivity contribution < 1.29 is 9.59 Å². The van der Waals surface area contributed by atoms with E-state index in [4.69, 9.17) is 0 Å². The number of carbonyl (C=O) groups excluding carboxylic acids is 2. The van der Waals surface area contributed by atoms with Crippen LogP contribution >= 0.6 is 0 Å². The van der Waals surface area contributed by atoms with Crippen molar-refractivity contribution in [2.24, 2.45) is 0 Å². The van der Waals surface area contributed by atoms with Gasteiger partial charge in [0.25, 0.3) is 0 Å². The largest absolute Gasteiger partial charge is 0.348 e. The molecule has 0 saturated heterocycles. The summed E-state index contributed by atoms with van der Waals surface area (Å²) in [5.74, 6) is 0.383. The van der Waals surface area contributed by atoms with Gasteiger partial charge in [-0.05, 0) is 25.8 Å². The number of nitrogens with zero attached hydrogens (tertiary/aromatic N) is 2. The van der Waals surface area contributed by atoms with Crippen LogP contribution in [0.25, 0.3) is 0 Å². The molecule has 0 aromatic heterocycles. The smallest absolute Gasteiger partial charge is 0.236 e. The number of amides is 1. The highest BCUT2D eigenvalue weighted by atomic mass is 16.2. The van der Waals surface area contributed by atoms with Crippen LogP contribution in [0, 0.1) is 0 Å². The predicted octanol–water partition coefficient (Wildman–Crippen LogP) is 0.908. The Bertz CT molecular complexity index is 264. The van der Waals surface area contributed by atoms with Crippen LogP contribution in [-0.2, 0) is 9.59 Å². The highest BCUT2D eigenvalue weighted by molar-refractivity contribution is 5.87. The lowest BCUT2D eigenvalue weighted by atomic mass is 10.2. The van der Waals surface area contributed by atoms with Crippen molar-refractivity contribution in [2.45, 2.75) is 38.6 Å². The molecule has 0 aromatic rings. The van der Waals surface area contributed by atoms with Gasteiger partial charge in [0.05, 0.1) is 12.6 Å². The molecule has 0 radical (unpaired) electrons. The normalized spacial score (nSPS) is 20.5. The van der Waals surface area contributed by atoms with Crippen molar-refractivity contribution in [2.75, 3.05) is 27.2 Å². The third-order valence-corrected chi connectivity index (χ3v) is 3.06. The molecule has 1 aliphatic rings. The minimum atomic E-state index is -0.0103. The molecule has 0 aromatic carbocycles. The van der Waals surface area contributed by atoms with Crippen LogP contribution in [0.15, 0.2) is 0 Å². The van der Waals surface area contributed by atoms with Crippen LogP contribution in [0.4, 0.5) is 0 Å². The summed E-state index contributed by atoms with van der Waals surface area (Å²) < 4.78 is 0. The Labute approximate surface area is 97.6 Å². The molecule has 1 aliphatic carbocycles. The van der Waals surface area contributed by atoms with Gasteiger partial charge in [-0.2, -0.15) is 0 Å². The fourth-order valence-electron chi connectivity index (χ4n) is 2.13. The Morgan fingerprint density at radius 3 is 2.56 bits per heavy atom. The summed E-state index contributed by atoms with van der Waals surface area (Å²) in [7, 11) is 3.51. The van der Waals surface area contributed by atoms with E-state index < -0.39 is 0 Å². The van der Waals surface area contributed by atoms with Crippen molar-refractivity contribution in [3.63, 3.8) is 0 Å². The zero-order chi connectivity index (χ0) is 12.1. The Kier molecular flexibility index (Phi) is 4.93. The van der Waals surface area contributed by atoms with Crippen LogP contribution in [-0.4, -0.2) is 54.7 Å². The average Bonchev–Trinajstić information content (AvgIpc) is 2.63. The van der Waals surface area contributed by atoms with Gasteiger partial charge in [-0.1, -0.05) is 6.92 Å². The van der Waals surface area contributed by atoms with Gasteiger partial charge in [0.1, 0.15) is 5.78 Å². The predicted molar refractivity (Wildman–Crippen MR) is 63.2 cm³/mol. The maximum atomic E-state index is 11.7. The second kappa shape index (κ2) is 5.99. The minimum absolute atomic E-state index is 0.0103. The molecule has 0 bridgehead atoms. The summed E-state index contributed by atoms with van der Waals surface area (Å²) in [4.78, 5) is 27.0. The average molecular weight is 226 g/mol. The maximum absolute atomic E-state index is 11.7. The molecule has 1 rings (SSSR count). The highest BCUT2D eigenvalue weighted by Gasteiger charge is 2.30. The SMILES string of the molecule is CCCN(CC(=O)N(C)C)C1CCCC1=O. The van der Waals surface area contributed by atoms with Crippen LogP contribution in [0.3, 0.4) is 0 Å². The number of likely N-dealkylation sites (N-methyl/N-ethyl adjacent to an activating group) is 1. The van der Waals surface area contributed by atoms with Gasteiger partial charge in [-0.3, -0.25) is 14.5 Å². The number of Topliss-reactive ketones (excluding diaryl/α,β-unsaturated/α-hetero) is 1. The molecule has 0 heterocycles. The molecule has 1 fully saturated rings. The van der Waals surface area contributed by atoms with Gasteiger partial charge < -0.3 is 4.90 Å². The molecule has 4 nitrogen and oxygen atoms in total. The zero-order valence-corrected chi connectivity index (χ0v) is 10.5. The van der Waals surface area contributed by atoms with E-state index in [1.165, 1.54) is 0 Å². The van der Waals surface area contributed by atoms with E-state index in [2.05, 4.69) is 6.92 Å². The summed E-state index contributed by atoms with van der Waals surface area (Å²) in [5.41, 5.74) is 0. The minimum Gasteiger partial charge on any atom is -0.348 e. The first-order valence-electron chi connectivity index (χ1n) is 6.03. The number of carbonyl (C=O) groups is 2. The first-order valence-corrected chi connectivity index (χ1v) is 6.03. The monoisotopic (exact) mass is 226 g/mol. The molecule has 0 spiro atoms. The summed E-state index contributed by atoms with van der Waals surface area (Å²) in [6.45, 7) is 3.28. The second-order valence-electron chi connectivity index (χ2n) is 4.63. The van der Waals surface area contributed by atoms with Gasteiger partial charge in [0.15, 0.2) is 0 Å². The lowest BCUT2D eigenvalue weighted by molar-refractivity contribution is -0.131. The number of ketones is 1. The summed E-state index contributed by atoms with van der Waals surface area (Å²) in [6.07, 6.45) is 3.55. The Hall–Kier alpha value is -0.900. The first kappa shape index (κ1) is 13.2. The third kappa shape index (κ3) is 3.30. The molecule has 1 amide bonds. The quantitative estimate of drug-likeness (QED) is 0.699.